The minimum atomic E-state index is -4.50. The number of carbonyl (C=O) groups is 1. The van der Waals surface area contributed by atoms with Crippen molar-refractivity contribution in [2.75, 3.05) is 6.61 Å². The van der Waals surface area contributed by atoms with Crippen molar-refractivity contribution in [3.8, 4) is 0 Å². The minimum absolute atomic E-state index is 0.0182. The van der Waals surface area contributed by atoms with Crippen molar-refractivity contribution in [3.63, 3.8) is 0 Å². The maximum absolute atomic E-state index is 12.8. The SMILES string of the molecule is CC(NC(=O)c1ccc(Br)c(C(F)(F)F)c1)C1CCCO1. The van der Waals surface area contributed by atoms with E-state index in [1.807, 2.05) is 0 Å². The van der Waals surface area contributed by atoms with Crippen molar-refractivity contribution in [2.45, 2.75) is 38.1 Å². The summed E-state index contributed by atoms with van der Waals surface area (Å²) in [6.45, 7) is 2.44. The number of halogens is 4. The molecule has 0 spiro atoms. The molecule has 116 valence electrons. The second kappa shape index (κ2) is 6.36. The molecular weight excluding hydrogens is 351 g/mol. The highest BCUT2D eigenvalue weighted by Crippen LogP contribution is 2.35. The van der Waals surface area contributed by atoms with Crippen LogP contribution in [0, 0.1) is 0 Å². The zero-order valence-corrected chi connectivity index (χ0v) is 12.9. The molecule has 21 heavy (non-hydrogen) atoms. The number of ether oxygens (including phenoxy) is 1. The number of alkyl halides is 3. The van der Waals surface area contributed by atoms with Crippen molar-refractivity contribution < 1.29 is 22.7 Å². The van der Waals surface area contributed by atoms with Crippen molar-refractivity contribution in [2.24, 2.45) is 0 Å². The highest BCUT2D eigenvalue weighted by Gasteiger charge is 2.34. The molecule has 0 bridgehead atoms. The van der Waals surface area contributed by atoms with Crippen LogP contribution in [0.1, 0.15) is 35.7 Å². The van der Waals surface area contributed by atoms with Crippen LogP contribution in [-0.4, -0.2) is 24.7 Å². The standard InChI is InChI=1S/C14H15BrF3NO2/c1-8(12-3-2-6-21-12)19-13(20)9-4-5-11(15)10(7-9)14(16,17)18/h4-5,7-8,12H,2-3,6H2,1H3,(H,19,20). The molecule has 2 unspecified atom stereocenters. The lowest BCUT2D eigenvalue weighted by Crippen LogP contribution is -2.40. The fourth-order valence-electron chi connectivity index (χ4n) is 2.26. The van der Waals surface area contributed by atoms with Gasteiger partial charge in [-0.1, -0.05) is 15.9 Å². The van der Waals surface area contributed by atoms with Gasteiger partial charge < -0.3 is 10.1 Å². The van der Waals surface area contributed by atoms with Crippen molar-refractivity contribution in [1.29, 1.82) is 0 Å². The Hall–Kier alpha value is -1.08. The van der Waals surface area contributed by atoms with Gasteiger partial charge in [-0.2, -0.15) is 13.2 Å². The Morgan fingerprint density at radius 2 is 2.19 bits per heavy atom. The average molecular weight is 366 g/mol. The molecule has 1 saturated heterocycles. The number of rotatable bonds is 3. The van der Waals surface area contributed by atoms with E-state index < -0.39 is 17.6 Å². The lowest BCUT2D eigenvalue weighted by atomic mass is 10.1. The van der Waals surface area contributed by atoms with Gasteiger partial charge in [-0.25, -0.2) is 0 Å². The lowest BCUT2D eigenvalue weighted by Gasteiger charge is -2.20. The molecule has 0 aliphatic carbocycles. The molecule has 1 heterocycles. The van der Waals surface area contributed by atoms with Gasteiger partial charge >= 0.3 is 6.18 Å². The van der Waals surface area contributed by atoms with E-state index in [0.717, 1.165) is 18.9 Å². The number of amides is 1. The molecule has 7 heteroatoms. The van der Waals surface area contributed by atoms with Crippen molar-refractivity contribution in [1.82, 2.24) is 5.32 Å². The second-order valence-corrected chi connectivity index (χ2v) is 5.86. The van der Waals surface area contributed by atoms with Gasteiger partial charge in [0.2, 0.25) is 0 Å². The van der Waals surface area contributed by atoms with Crippen molar-refractivity contribution in [3.05, 3.63) is 33.8 Å². The summed E-state index contributed by atoms with van der Waals surface area (Å²) in [4.78, 5) is 12.1. The monoisotopic (exact) mass is 365 g/mol. The summed E-state index contributed by atoms with van der Waals surface area (Å²) in [7, 11) is 0. The Bertz CT molecular complexity index is 527. The average Bonchev–Trinajstić information content (AvgIpc) is 2.91. The van der Waals surface area contributed by atoms with Gasteiger partial charge in [-0.05, 0) is 38.0 Å². The Morgan fingerprint density at radius 3 is 2.76 bits per heavy atom. The summed E-state index contributed by atoms with van der Waals surface area (Å²) >= 11 is 2.85. The molecule has 0 radical (unpaired) electrons. The number of nitrogens with one attached hydrogen (secondary N) is 1. The predicted molar refractivity (Wildman–Crippen MR) is 75.0 cm³/mol. The first-order valence-electron chi connectivity index (χ1n) is 6.58. The van der Waals surface area contributed by atoms with Gasteiger partial charge in [0.05, 0.1) is 17.7 Å². The van der Waals surface area contributed by atoms with Gasteiger partial charge in [0, 0.05) is 16.6 Å². The van der Waals surface area contributed by atoms with E-state index in [1.165, 1.54) is 12.1 Å². The summed E-state index contributed by atoms with van der Waals surface area (Å²) < 4.78 is 43.8. The summed E-state index contributed by atoms with van der Waals surface area (Å²) in [6.07, 6.45) is -2.81. The van der Waals surface area contributed by atoms with E-state index in [0.29, 0.717) is 6.61 Å². The van der Waals surface area contributed by atoms with E-state index in [9.17, 15) is 18.0 Å². The van der Waals surface area contributed by atoms with Gasteiger partial charge in [0.15, 0.2) is 0 Å². The molecule has 3 nitrogen and oxygen atoms in total. The van der Waals surface area contributed by atoms with Crippen LogP contribution in [0.4, 0.5) is 13.2 Å². The summed E-state index contributed by atoms with van der Waals surface area (Å²) in [5, 5.41) is 2.69. The highest BCUT2D eigenvalue weighted by molar-refractivity contribution is 9.10. The molecule has 2 atom stereocenters. The van der Waals surface area contributed by atoms with Crippen LogP contribution in [0.2, 0.25) is 0 Å². The number of carbonyl (C=O) groups excluding carboxylic acids is 1. The first-order valence-corrected chi connectivity index (χ1v) is 7.37. The van der Waals surface area contributed by atoms with E-state index in [4.69, 9.17) is 4.74 Å². The molecule has 1 fully saturated rings. The fraction of sp³-hybridized carbons (Fsp3) is 0.500. The molecule has 1 aromatic rings. The van der Waals surface area contributed by atoms with E-state index in [1.54, 1.807) is 6.92 Å². The van der Waals surface area contributed by atoms with E-state index >= 15 is 0 Å². The second-order valence-electron chi connectivity index (χ2n) is 5.01. The smallest absolute Gasteiger partial charge is 0.376 e. The largest absolute Gasteiger partial charge is 0.417 e. The van der Waals surface area contributed by atoms with Crippen LogP contribution in [0.3, 0.4) is 0 Å². The van der Waals surface area contributed by atoms with Crippen LogP contribution < -0.4 is 5.32 Å². The highest BCUT2D eigenvalue weighted by atomic mass is 79.9. The van der Waals surface area contributed by atoms with Gasteiger partial charge in [-0.3, -0.25) is 4.79 Å². The summed E-state index contributed by atoms with van der Waals surface area (Å²) in [6, 6.07) is 3.20. The quantitative estimate of drug-likeness (QED) is 0.885. The Labute approximate surface area is 129 Å². The lowest BCUT2D eigenvalue weighted by molar-refractivity contribution is -0.138. The van der Waals surface area contributed by atoms with Crippen LogP contribution >= 0.6 is 15.9 Å². The molecule has 1 aliphatic rings. The minimum Gasteiger partial charge on any atom is -0.376 e. The Morgan fingerprint density at radius 1 is 1.48 bits per heavy atom. The topological polar surface area (TPSA) is 38.3 Å². The van der Waals surface area contributed by atoms with Gasteiger partial charge in [-0.15, -0.1) is 0 Å². The third-order valence-corrected chi connectivity index (χ3v) is 4.11. The Kier molecular flexibility index (Phi) is 4.93. The third kappa shape index (κ3) is 3.97. The van der Waals surface area contributed by atoms with Gasteiger partial charge in [0.25, 0.3) is 5.91 Å². The first kappa shape index (κ1) is 16.3. The zero-order chi connectivity index (χ0) is 15.6. The van der Waals surface area contributed by atoms with Crippen LogP contribution in [-0.2, 0) is 10.9 Å². The number of hydrogen-bond acceptors (Lipinski definition) is 2. The van der Waals surface area contributed by atoms with Crippen LogP contribution in [0.25, 0.3) is 0 Å². The normalized spacial score (nSPS) is 20.3. The fourth-order valence-corrected chi connectivity index (χ4v) is 2.74. The van der Waals surface area contributed by atoms with E-state index in [-0.39, 0.29) is 22.2 Å². The molecule has 1 amide bonds. The zero-order valence-electron chi connectivity index (χ0n) is 11.3. The van der Waals surface area contributed by atoms with Gasteiger partial charge in [0.1, 0.15) is 0 Å². The molecule has 0 saturated carbocycles. The third-order valence-electron chi connectivity index (χ3n) is 3.42. The molecule has 1 N–H and O–H groups in total. The maximum Gasteiger partial charge on any atom is 0.417 e. The van der Waals surface area contributed by atoms with E-state index in [2.05, 4.69) is 21.2 Å². The van der Waals surface area contributed by atoms with Crippen LogP contribution in [0.15, 0.2) is 22.7 Å². The first-order chi connectivity index (χ1) is 9.79. The number of benzene rings is 1. The predicted octanol–water partition coefficient (Wildman–Crippen LogP) is 3.77. The number of hydrogen-bond donors (Lipinski definition) is 1. The van der Waals surface area contributed by atoms with Crippen LogP contribution in [0.5, 0.6) is 0 Å². The summed E-state index contributed by atoms with van der Waals surface area (Å²) in [5.74, 6) is -0.531. The Balaban J connectivity index is 2.12. The molecule has 1 aliphatic heterocycles. The molecule has 0 aromatic heterocycles. The molecular formula is C14H15BrF3NO2. The molecule has 1 aromatic carbocycles. The van der Waals surface area contributed by atoms with Crippen molar-refractivity contribution >= 4 is 21.8 Å². The maximum atomic E-state index is 12.8. The summed E-state index contributed by atoms with van der Waals surface area (Å²) in [5.41, 5.74) is -0.879. The molecule has 2 rings (SSSR count).